The zero-order chi connectivity index (χ0) is 9.26. The van der Waals surface area contributed by atoms with E-state index in [9.17, 15) is 0 Å². The van der Waals surface area contributed by atoms with Crippen molar-refractivity contribution in [2.75, 3.05) is 13.1 Å². The van der Waals surface area contributed by atoms with Gasteiger partial charge in [-0.25, -0.2) is 0 Å². The van der Waals surface area contributed by atoms with E-state index in [1.165, 1.54) is 5.56 Å². The Balaban J connectivity index is 2.10. The van der Waals surface area contributed by atoms with Crippen LogP contribution in [0.1, 0.15) is 5.56 Å². The minimum atomic E-state index is 0.794. The molecule has 0 atom stereocenters. The normalized spacial score (nSPS) is 17.1. The second-order valence-electron chi connectivity index (χ2n) is 3.46. The minimum Gasteiger partial charge on any atom is -0.316 e. The van der Waals surface area contributed by atoms with Crippen molar-refractivity contribution in [2.24, 2.45) is 5.92 Å². The highest BCUT2D eigenvalue weighted by Crippen LogP contribution is 2.24. The molecule has 1 saturated heterocycles. The third-order valence-electron chi connectivity index (χ3n) is 2.39. The van der Waals surface area contributed by atoms with E-state index in [1.807, 2.05) is 12.1 Å². The van der Waals surface area contributed by atoms with E-state index in [2.05, 4.69) is 27.3 Å². The summed E-state index contributed by atoms with van der Waals surface area (Å²) in [6.07, 6.45) is 1.14. The summed E-state index contributed by atoms with van der Waals surface area (Å²) in [7, 11) is 0. The van der Waals surface area contributed by atoms with Crippen molar-refractivity contribution in [2.45, 2.75) is 6.42 Å². The number of nitrogens with one attached hydrogen (secondary N) is 1. The standard InChI is InChI=1S/C10H11BrClN/c11-10-4-9(12)2-1-8(10)3-7-5-13-6-7/h1-2,4,7,13H,3,5-6H2. The third kappa shape index (κ3) is 2.25. The van der Waals surface area contributed by atoms with Crippen molar-refractivity contribution in [1.82, 2.24) is 5.32 Å². The van der Waals surface area contributed by atoms with Crippen LogP contribution in [0.2, 0.25) is 5.02 Å². The summed E-state index contributed by atoms with van der Waals surface area (Å²) in [5.41, 5.74) is 1.36. The number of benzene rings is 1. The van der Waals surface area contributed by atoms with Crippen molar-refractivity contribution in [1.29, 1.82) is 0 Å². The largest absolute Gasteiger partial charge is 0.316 e. The molecule has 70 valence electrons. The van der Waals surface area contributed by atoms with Gasteiger partial charge in [-0.3, -0.25) is 0 Å². The summed E-state index contributed by atoms with van der Waals surface area (Å²) in [4.78, 5) is 0. The number of hydrogen-bond donors (Lipinski definition) is 1. The monoisotopic (exact) mass is 259 g/mol. The van der Waals surface area contributed by atoms with E-state index in [1.54, 1.807) is 0 Å². The van der Waals surface area contributed by atoms with E-state index in [0.29, 0.717) is 0 Å². The summed E-state index contributed by atoms with van der Waals surface area (Å²) in [5.74, 6) is 0.803. The maximum Gasteiger partial charge on any atom is 0.0417 e. The van der Waals surface area contributed by atoms with Gasteiger partial charge in [0.05, 0.1) is 0 Å². The second kappa shape index (κ2) is 3.99. The lowest BCUT2D eigenvalue weighted by atomic mass is 9.94. The molecule has 1 aliphatic heterocycles. The topological polar surface area (TPSA) is 12.0 Å². The maximum absolute atomic E-state index is 5.86. The summed E-state index contributed by atoms with van der Waals surface area (Å²) >= 11 is 9.38. The Kier molecular flexibility index (Phi) is 2.92. The summed E-state index contributed by atoms with van der Waals surface area (Å²) < 4.78 is 1.13. The molecule has 1 aromatic carbocycles. The molecule has 1 aliphatic rings. The van der Waals surface area contributed by atoms with Crippen molar-refractivity contribution in [3.63, 3.8) is 0 Å². The Bertz CT molecular complexity index is 310. The Morgan fingerprint density at radius 1 is 1.46 bits per heavy atom. The van der Waals surface area contributed by atoms with E-state index in [4.69, 9.17) is 11.6 Å². The average Bonchev–Trinajstić information content (AvgIpc) is 1.99. The predicted octanol–water partition coefficient (Wildman–Crippen LogP) is 2.86. The highest BCUT2D eigenvalue weighted by molar-refractivity contribution is 9.10. The molecule has 1 aromatic rings. The van der Waals surface area contributed by atoms with Crippen molar-refractivity contribution in [3.05, 3.63) is 33.3 Å². The minimum absolute atomic E-state index is 0.794. The van der Waals surface area contributed by atoms with Crippen LogP contribution in [0.4, 0.5) is 0 Å². The Labute approximate surface area is 91.6 Å². The molecule has 0 aliphatic carbocycles. The first kappa shape index (κ1) is 9.50. The predicted molar refractivity (Wildman–Crippen MR) is 59.2 cm³/mol. The van der Waals surface area contributed by atoms with Crippen LogP contribution < -0.4 is 5.32 Å². The summed E-state index contributed by atoms with van der Waals surface area (Å²) in [5, 5.41) is 4.06. The highest BCUT2D eigenvalue weighted by atomic mass is 79.9. The molecule has 3 heteroatoms. The molecule has 0 bridgehead atoms. The maximum atomic E-state index is 5.86. The van der Waals surface area contributed by atoms with E-state index < -0.39 is 0 Å². The van der Waals surface area contributed by atoms with Crippen LogP contribution in [0.15, 0.2) is 22.7 Å². The molecule has 1 nitrogen and oxygen atoms in total. The van der Waals surface area contributed by atoms with Gasteiger partial charge in [0.1, 0.15) is 0 Å². The van der Waals surface area contributed by atoms with E-state index in [0.717, 1.165) is 34.9 Å². The number of halogens is 2. The average molecular weight is 261 g/mol. The molecule has 0 radical (unpaired) electrons. The Morgan fingerprint density at radius 2 is 2.23 bits per heavy atom. The quantitative estimate of drug-likeness (QED) is 0.862. The van der Waals surface area contributed by atoms with Gasteiger partial charge >= 0.3 is 0 Å². The van der Waals surface area contributed by atoms with Crippen LogP contribution >= 0.6 is 27.5 Å². The van der Waals surface area contributed by atoms with Gasteiger partial charge in [-0.15, -0.1) is 0 Å². The van der Waals surface area contributed by atoms with Crippen molar-refractivity contribution < 1.29 is 0 Å². The fourth-order valence-corrected chi connectivity index (χ4v) is 2.34. The van der Waals surface area contributed by atoms with Gasteiger partial charge in [0, 0.05) is 9.50 Å². The lowest BCUT2D eigenvalue weighted by Gasteiger charge is -2.27. The summed E-state index contributed by atoms with van der Waals surface area (Å²) in [6.45, 7) is 2.30. The SMILES string of the molecule is Clc1ccc(CC2CNC2)c(Br)c1. The van der Waals surface area contributed by atoms with Crippen LogP contribution in [-0.2, 0) is 6.42 Å². The molecule has 0 amide bonds. The zero-order valence-corrected chi connectivity index (χ0v) is 9.53. The van der Waals surface area contributed by atoms with Gasteiger partial charge in [-0.2, -0.15) is 0 Å². The van der Waals surface area contributed by atoms with Crippen molar-refractivity contribution in [3.8, 4) is 0 Å². The Morgan fingerprint density at radius 3 is 2.77 bits per heavy atom. The molecular formula is C10H11BrClN. The van der Waals surface area contributed by atoms with Gasteiger partial charge in [0.15, 0.2) is 0 Å². The highest BCUT2D eigenvalue weighted by Gasteiger charge is 2.17. The van der Waals surface area contributed by atoms with Gasteiger partial charge in [0.2, 0.25) is 0 Å². The third-order valence-corrected chi connectivity index (χ3v) is 3.36. The van der Waals surface area contributed by atoms with Gasteiger partial charge in [-0.05, 0) is 43.1 Å². The van der Waals surface area contributed by atoms with Crippen LogP contribution in [-0.4, -0.2) is 13.1 Å². The smallest absolute Gasteiger partial charge is 0.0417 e. The fourth-order valence-electron chi connectivity index (χ4n) is 1.49. The molecule has 0 unspecified atom stereocenters. The molecule has 2 rings (SSSR count). The number of hydrogen-bond acceptors (Lipinski definition) is 1. The molecule has 1 N–H and O–H groups in total. The van der Waals surface area contributed by atoms with Gasteiger partial charge in [0.25, 0.3) is 0 Å². The first-order valence-electron chi connectivity index (χ1n) is 4.40. The van der Waals surface area contributed by atoms with E-state index in [-0.39, 0.29) is 0 Å². The molecule has 0 spiro atoms. The van der Waals surface area contributed by atoms with E-state index >= 15 is 0 Å². The zero-order valence-electron chi connectivity index (χ0n) is 7.19. The lowest BCUT2D eigenvalue weighted by Crippen LogP contribution is -2.43. The fraction of sp³-hybridized carbons (Fsp3) is 0.400. The molecule has 0 aromatic heterocycles. The molecule has 13 heavy (non-hydrogen) atoms. The van der Waals surface area contributed by atoms with Crippen molar-refractivity contribution >= 4 is 27.5 Å². The Hall–Kier alpha value is -0.0500. The van der Waals surface area contributed by atoms with Crippen LogP contribution in [0.25, 0.3) is 0 Å². The first-order chi connectivity index (χ1) is 6.25. The van der Waals surface area contributed by atoms with Crippen LogP contribution in [0.3, 0.4) is 0 Å². The summed E-state index contributed by atoms with van der Waals surface area (Å²) in [6, 6.07) is 6.02. The van der Waals surface area contributed by atoms with Crippen LogP contribution in [0.5, 0.6) is 0 Å². The number of rotatable bonds is 2. The van der Waals surface area contributed by atoms with Gasteiger partial charge < -0.3 is 5.32 Å². The van der Waals surface area contributed by atoms with Crippen LogP contribution in [0, 0.1) is 5.92 Å². The lowest BCUT2D eigenvalue weighted by molar-refractivity contribution is 0.346. The second-order valence-corrected chi connectivity index (χ2v) is 4.75. The molecule has 0 saturated carbocycles. The molecule has 1 fully saturated rings. The molecular weight excluding hydrogens is 249 g/mol. The molecule has 1 heterocycles. The van der Waals surface area contributed by atoms with Gasteiger partial charge in [-0.1, -0.05) is 33.6 Å². The first-order valence-corrected chi connectivity index (χ1v) is 5.57.